The predicted octanol–water partition coefficient (Wildman–Crippen LogP) is 5.84. The van der Waals surface area contributed by atoms with Crippen molar-refractivity contribution in [3.05, 3.63) is 113 Å². The van der Waals surface area contributed by atoms with E-state index in [1.54, 1.807) is 6.07 Å². The Morgan fingerprint density at radius 2 is 1.14 bits per heavy atom. The molecule has 28 heavy (non-hydrogen) atoms. The second-order valence-corrected chi connectivity index (χ2v) is 7.62. The largest absolute Gasteiger partial charge is 0.508 e. The van der Waals surface area contributed by atoms with Crippen molar-refractivity contribution in [3.8, 4) is 16.9 Å². The molecule has 0 radical (unpaired) electrons. The van der Waals surface area contributed by atoms with Gasteiger partial charge < -0.3 is 10.0 Å². The molecule has 1 N–H and O–H groups in total. The number of aromatic hydroxyl groups is 1. The minimum absolute atomic E-state index is 0.305. The van der Waals surface area contributed by atoms with Crippen LogP contribution in [0.5, 0.6) is 5.75 Å². The maximum Gasteiger partial charge on any atom is 0.115 e. The third kappa shape index (κ3) is 1.68. The molecule has 6 rings (SSSR count). The Hall–Kier alpha value is -3.52. The fourth-order valence-corrected chi connectivity index (χ4v) is 5.29. The molecule has 0 amide bonds. The number of hydrogen-bond acceptors (Lipinski definition) is 2. The average Bonchev–Trinajstić information content (AvgIpc) is 3.03. The fourth-order valence-electron chi connectivity index (χ4n) is 5.29. The maximum atomic E-state index is 10.4. The van der Waals surface area contributed by atoms with Crippen molar-refractivity contribution in [1.82, 2.24) is 0 Å². The second kappa shape index (κ2) is 5.26. The van der Waals surface area contributed by atoms with Crippen LogP contribution < -0.4 is 4.90 Å². The van der Waals surface area contributed by atoms with E-state index in [0.717, 1.165) is 5.56 Å². The van der Waals surface area contributed by atoms with E-state index >= 15 is 0 Å². The van der Waals surface area contributed by atoms with Crippen LogP contribution in [0.15, 0.2) is 91.0 Å². The van der Waals surface area contributed by atoms with E-state index in [-0.39, 0.29) is 0 Å². The first-order valence-corrected chi connectivity index (χ1v) is 9.59. The number of para-hydroxylation sites is 2. The molecular weight excluding hydrogens is 342 g/mol. The van der Waals surface area contributed by atoms with Gasteiger partial charge in [-0.05, 0) is 57.6 Å². The topological polar surface area (TPSA) is 23.5 Å². The van der Waals surface area contributed by atoms with Gasteiger partial charge >= 0.3 is 0 Å². The molecule has 4 aromatic carbocycles. The Balaban J connectivity index is 1.87. The number of rotatable bonds is 0. The van der Waals surface area contributed by atoms with Crippen molar-refractivity contribution < 1.29 is 5.11 Å². The molecule has 0 bridgehead atoms. The van der Waals surface area contributed by atoms with Gasteiger partial charge in [0.2, 0.25) is 0 Å². The summed E-state index contributed by atoms with van der Waals surface area (Å²) in [7, 11) is 2.13. The van der Waals surface area contributed by atoms with E-state index in [9.17, 15) is 5.11 Å². The summed E-state index contributed by atoms with van der Waals surface area (Å²) in [5.41, 5.74) is 9.37. The highest BCUT2D eigenvalue weighted by atomic mass is 16.3. The zero-order valence-electron chi connectivity index (χ0n) is 15.6. The lowest BCUT2D eigenvalue weighted by Crippen LogP contribution is -2.36. The number of nitrogens with zero attached hydrogens (tertiary/aromatic N) is 1. The number of fused-ring (bicyclic) bond motifs is 9. The van der Waals surface area contributed by atoms with Gasteiger partial charge in [0.15, 0.2) is 0 Å². The summed E-state index contributed by atoms with van der Waals surface area (Å²) in [6, 6.07) is 31.7. The van der Waals surface area contributed by atoms with Gasteiger partial charge in [0.05, 0.1) is 5.41 Å². The predicted molar refractivity (Wildman–Crippen MR) is 113 cm³/mol. The lowest BCUT2D eigenvalue weighted by Gasteiger charge is -2.43. The Morgan fingerprint density at radius 3 is 1.82 bits per heavy atom. The molecule has 0 fully saturated rings. The van der Waals surface area contributed by atoms with Crippen molar-refractivity contribution >= 4 is 11.4 Å². The summed E-state index contributed by atoms with van der Waals surface area (Å²) in [4.78, 5) is 2.28. The van der Waals surface area contributed by atoms with Crippen LogP contribution in [0, 0.1) is 0 Å². The molecule has 1 aliphatic heterocycles. The molecule has 0 saturated carbocycles. The van der Waals surface area contributed by atoms with Crippen LogP contribution in [0.25, 0.3) is 11.1 Å². The van der Waals surface area contributed by atoms with Gasteiger partial charge in [-0.3, -0.25) is 0 Å². The van der Waals surface area contributed by atoms with E-state index in [4.69, 9.17) is 0 Å². The van der Waals surface area contributed by atoms with E-state index in [1.165, 1.54) is 39.2 Å². The highest BCUT2D eigenvalue weighted by Crippen LogP contribution is 2.62. The molecule has 0 saturated heterocycles. The lowest BCUT2D eigenvalue weighted by molar-refractivity contribution is 0.474. The van der Waals surface area contributed by atoms with Crippen LogP contribution in [0.2, 0.25) is 0 Å². The number of benzene rings is 4. The standard InChI is InChI=1S/C26H19NO/c1-27-24-12-6-4-10-21(24)26(22-11-5-7-13-25(22)27)20-9-3-2-8-18(20)19-15-14-17(28)16-23(19)26/h2-16,28H,1H3. The van der Waals surface area contributed by atoms with Gasteiger partial charge in [-0.2, -0.15) is 0 Å². The van der Waals surface area contributed by atoms with Crippen molar-refractivity contribution in [2.75, 3.05) is 11.9 Å². The van der Waals surface area contributed by atoms with Crippen LogP contribution in [0.3, 0.4) is 0 Å². The Kier molecular flexibility index (Phi) is 2.92. The van der Waals surface area contributed by atoms with Crippen LogP contribution in [0.1, 0.15) is 22.3 Å². The maximum absolute atomic E-state index is 10.4. The Morgan fingerprint density at radius 1 is 0.607 bits per heavy atom. The third-order valence-electron chi connectivity index (χ3n) is 6.37. The van der Waals surface area contributed by atoms with E-state index < -0.39 is 5.41 Å². The van der Waals surface area contributed by atoms with E-state index in [0.29, 0.717) is 5.75 Å². The molecule has 1 heterocycles. The van der Waals surface area contributed by atoms with Crippen LogP contribution in [-0.4, -0.2) is 12.2 Å². The van der Waals surface area contributed by atoms with E-state index in [2.05, 4.69) is 90.8 Å². The lowest BCUT2D eigenvalue weighted by atomic mass is 9.65. The van der Waals surface area contributed by atoms with Crippen LogP contribution in [-0.2, 0) is 5.41 Å². The molecule has 2 aliphatic rings. The monoisotopic (exact) mass is 361 g/mol. The highest BCUT2D eigenvalue weighted by Gasteiger charge is 2.50. The van der Waals surface area contributed by atoms with Crippen molar-refractivity contribution in [1.29, 1.82) is 0 Å². The van der Waals surface area contributed by atoms with Gasteiger partial charge in [0.25, 0.3) is 0 Å². The van der Waals surface area contributed by atoms with Crippen molar-refractivity contribution in [2.24, 2.45) is 0 Å². The summed E-state index contributed by atoms with van der Waals surface area (Å²) in [6.45, 7) is 0. The van der Waals surface area contributed by atoms with Gasteiger partial charge in [0, 0.05) is 18.4 Å². The summed E-state index contributed by atoms with van der Waals surface area (Å²) in [5, 5.41) is 10.4. The minimum atomic E-state index is -0.426. The smallest absolute Gasteiger partial charge is 0.115 e. The molecule has 134 valence electrons. The molecule has 0 atom stereocenters. The number of phenols is 1. The van der Waals surface area contributed by atoms with Crippen LogP contribution in [0.4, 0.5) is 11.4 Å². The highest BCUT2D eigenvalue weighted by molar-refractivity contribution is 5.93. The zero-order chi connectivity index (χ0) is 18.9. The molecule has 2 heteroatoms. The normalized spacial score (nSPS) is 15.0. The summed E-state index contributed by atoms with van der Waals surface area (Å²) in [5.74, 6) is 0.305. The Bertz CT molecular complexity index is 1210. The summed E-state index contributed by atoms with van der Waals surface area (Å²) < 4.78 is 0. The SMILES string of the molecule is CN1c2ccccc2C2(c3ccccc3-c3ccc(O)cc32)c2ccccc21. The number of hydrogen-bond donors (Lipinski definition) is 1. The van der Waals surface area contributed by atoms with Gasteiger partial charge in [-0.15, -0.1) is 0 Å². The molecule has 2 nitrogen and oxygen atoms in total. The first kappa shape index (κ1) is 15.5. The Labute approximate surface area is 164 Å². The first-order valence-electron chi connectivity index (χ1n) is 9.59. The fraction of sp³-hybridized carbons (Fsp3) is 0.0769. The van der Waals surface area contributed by atoms with Gasteiger partial charge in [-0.1, -0.05) is 66.7 Å². The minimum Gasteiger partial charge on any atom is -0.508 e. The van der Waals surface area contributed by atoms with Crippen molar-refractivity contribution in [3.63, 3.8) is 0 Å². The average molecular weight is 361 g/mol. The van der Waals surface area contributed by atoms with Crippen LogP contribution >= 0.6 is 0 Å². The second-order valence-electron chi connectivity index (χ2n) is 7.62. The number of phenolic OH excluding ortho intramolecular Hbond substituents is 1. The van der Waals surface area contributed by atoms with E-state index in [1.807, 2.05) is 6.07 Å². The molecule has 4 aromatic rings. The summed E-state index contributed by atoms with van der Waals surface area (Å²) >= 11 is 0. The first-order chi connectivity index (χ1) is 13.7. The molecule has 1 aliphatic carbocycles. The molecular formula is C26H19NO. The summed E-state index contributed by atoms with van der Waals surface area (Å²) in [6.07, 6.45) is 0. The molecule has 0 unspecified atom stereocenters. The quantitative estimate of drug-likeness (QED) is 0.375. The van der Waals surface area contributed by atoms with Crippen molar-refractivity contribution in [2.45, 2.75) is 5.41 Å². The third-order valence-corrected chi connectivity index (χ3v) is 6.37. The molecule has 1 spiro atoms. The number of anilines is 2. The molecule has 0 aromatic heterocycles. The zero-order valence-corrected chi connectivity index (χ0v) is 15.6. The van der Waals surface area contributed by atoms with Gasteiger partial charge in [0.1, 0.15) is 5.75 Å². The van der Waals surface area contributed by atoms with Gasteiger partial charge in [-0.25, -0.2) is 0 Å².